The normalized spacial score (nSPS) is 10.4. The summed E-state index contributed by atoms with van der Waals surface area (Å²) >= 11 is 1.36. The molecule has 0 aliphatic rings. The molecule has 0 saturated carbocycles. The van der Waals surface area contributed by atoms with Gasteiger partial charge in [-0.25, -0.2) is 4.39 Å². The van der Waals surface area contributed by atoms with Gasteiger partial charge in [0.2, 0.25) is 5.82 Å². The molecule has 0 aliphatic carbocycles. The highest BCUT2D eigenvalue weighted by Crippen LogP contribution is 2.27. The lowest BCUT2D eigenvalue weighted by Gasteiger charge is -2.08. The lowest BCUT2D eigenvalue weighted by atomic mass is 10.3. The van der Waals surface area contributed by atoms with Crippen LogP contribution < -0.4 is 4.74 Å². The second kappa shape index (κ2) is 5.95. The minimum Gasteiger partial charge on any atom is -0.490 e. The average Bonchev–Trinajstić information content (AvgIpc) is 2.24. The fourth-order valence-electron chi connectivity index (χ4n) is 1.09. The van der Waals surface area contributed by atoms with Crippen molar-refractivity contribution in [3.63, 3.8) is 0 Å². The van der Waals surface area contributed by atoms with Gasteiger partial charge in [-0.3, -0.25) is 0 Å². The maximum Gasteiger partial charge on any atom is 0.200 e. The van der Waals surface area contributed by atoms with E-state index in [1.807, 2.05) is 13.2 Å². The van der Waals surface area contributed by atoms with Crippen LogP contribution in [-0.2, 0) is 0 Å². The second-order valence-electron chi connectivity index (χ2n) is 3.12. The van der Waals surface area contributed by atoms with E-state index in [2.05, 4.69) is 0 Å². The summed E-state index contributed by atoms with van der Waals surface area (Å²) in [5.41, 5.74) is 0. The van der Waals surface area contributed by atoms with Crippen molar-refractivity contribution in [2.45, 2.75) is 24.7 Å². The largest absolute Gasteiger partial charge is 0.490 e. The highest BCUT2D eigenvalue weighted by molar-refractivity contribution is 7.98. The second-order valence-corrected chi connectivity index (χ2v) is 4.00. The topological polar surface area (TPSA) is 9.23 Å². The van der Waals surface area contributed by atoms with E-state index in [1.54, 1.807) is 0 Å². The molecule has 0 fully saturated rings. The standard InChI is InChI=1S/C11H14F2OS/c1-3-4-5-14-10-7-8(15-2)6-9(12)11(10)13/h6-7H,3-5H2,1-2H3. The van der Waals surface area contributed by atoms with Crippen LogP contribution in [0, 0.1) is 11.6 Å². The van der Waals surface area contributed by atoms with Gasteiger partial charge in [-0.05, 0) is 24.8 Å². The minimum absolute atomic E-state index is 0.00722. The Hall–Kier alpha value is -0.770. The SMILES string of the molecule is CCCCOc1cc(SC)cc(F)c1F. The summed E-state index contributed by atoms with van der Waals surface area (Å²) in [5, 5.41) is 0. The molecule has 0 aliphatic heterocycles. The van der Waals surface area contributed by atoms with Gasteiger partial charge in [0.15, 0.2) is 11.6 Å². The average molecular weight is 232 g/mol. The summed E-state index contributed by atoms with van der Waals surface area (Å²) < 4.78 is 31.5. The minimum atomic E-state index is -0.899. The lowest BCUT2D eigenvalue weighted by Crippen LogP contribution is -2.00. The van der Waals surface area contributed by atoms with Gasteiger partial charge in [-0.1, -0.05) is 13.3 Å². The number of benzene rings is 1. The van der Waals surface area contributed by atoms with Gasteiger partial charge in [0.25, 0.3) is 0 Å². The van der Waals surface area contributed by atoms with Crippen molar-refractivity contribution < 1.29 is 13.5 Å². The number of halogens is 2. The quantitative estimate of drug-likeness (QED) is 0.563. The maximum absolute atomic E-state index is 13.2. The van der Waals surface area contributed by atoms with E-state index in [0.717, 1.165) is 12.8 Å². The summed E-state index contributed by atoms with van der Waals surface area (Å²) in [6.45, 7) is 2.43. The first-order valence-electron chi connectivity index (χ1n) is 4.84. The van der Waals surface area contributed by atoms with Gasteiger partial charge in [0.05, 0.1) is 6.61 Å². The molecule has 0 bridgehead atoms. The Balaban J connectivity index is 2.80. The number of ether oxygens (including phenoxy) is 1. The summed E-state index contributed by atoms with van der Waals surface area (Å²) in [5.74, 6) is -1.75. The fourth-order valence-corrected chi connectivity index (χ4v) is 1.54. The Morgan fingerprint density at radius 3 is 2.67 bits per heavy atom. The van der Waals surface area contributed by atoms with Gasteiger partial charge in [0.1, 0.15) is 0 Å². The van der Waals surface area contributed by atoms with Crippen molar-refractivity contribution in [3.05, 3.63) is 23.8 Å². The molecular weight excluding hydrogens is 218 g/mol. The van der Waals surface area contributed by atoms with Crippen LogP contribution in [0.2, 0.25) is 0 Å². The molecule has 1 aromatic rings. The van der Waals surface area contributed by atoms with Crippen LogP contribution >= 0.6 is 11.8 Å². The highest BCUT2D eigenvalue weighted by atomic mass is 32.2. The van der Waals surface area contributed by atoms with Crippen molar-refractivity contribution in [1.29, 1.82) is 0 Å². The molecule has 4 heteroatoms. The van der Waals surface area contributed by atoms with Gasteiger partial charge >= 0.3 is 0 Å². The number of hydrogen-bond donors (Lipinski definition) is 0. The highest BCUT2D eigenvalue weighted by Gasteiger charge is 2.11. The van der Waals surface area contributed by atoms with E-state index in [4.69, 9.17) is 4.74 Å². The molecule has 0 saturated heterocycles. The molecule has 1 rings (SSSR count). The zero-order valence-corrected chi connectivity index (χ0v) is 9.66. The summed E-state index contributed by atoms with van der Waals surface area (Å²) in [4.78, 5) is 0.667. The fraction of sp³-hybridized carbons (Fsp3) is 0.455. The molecule has 84 valence electrons. The Kier molecular flexibility index (Phi) is 4.88. The first kappa shape index (κ1) is 12.3. The van der Waals surface area contributed by atoms with Crippen LogP contribution in [0.4, 0.5) is 8.78 Å². The van der Waals surface area contributed by atoms with Crippen LogP contribution in [0.15, 0.2) is 17.0 Å². The van der Waals surface area contributed by atoms with E-state index < -0.39 is 11.6 Å². The van der Waals surface area contributed by atoms with Crippen LogP contribution in [0.5, 0.6) is 5.75 Å². The van der Waals surface area contributed by atoms with Crippen molar-refractivity contribution in [2.24, 2.45) is 0 Å². The number of unbranched alkanes of at least 4 members (excludes halogenated alkanes) is 1. The molecule has 0 unspecified atom stereocenters. The molecule has 0 atom stereocenters. The zero-order chi connectivity index (χ0) is 11.3. The Morgan fingerprint density at radius 1 is 1.33 bits per heavy atom. The van der Waals surface area contributed by atoms with Gasteiger partial charge in [-0.15, -0.1) is 11.8 Å². The Morgan fingerprint density at radius 2 is 2.07 bits per heavy atom. The number of hydrogen-bond acceptors (Lipinski definition) is 2. The molecule has 0 amide bonds. The van der Waals surface area contributed by atoms with Crippen molar-refractivity contribution in [1.82, 2.24) is 0 Å². The predicted octanol–water partition coefficient (Wildman–Crippen LogP) is 3.87. The molecule has 15 heavy (non-hydrogen) atoms. The molecule has 0 radical (unpaired) electrons. The summed E-state index contributed by atoms with van der Waals surface area (Å²) in [6.07, 6.45) is 3.61. The zero-order valence-electron chi connectivity index (χ0n) is 8.85. The molecule has 1 aromatic carbocycles. The van der Waals surface area contributed by atoms with E-state index >= 15 is 0 Å². The van der Waals surface area contributed by atoms with Gasteiger partial charge in [-0.2, -0.15) is 4.39 Å². The number of rotatable bonds is 5. The summed E-state index contributed by atoms with van der Waals surface area (Å²) in [7, 11) is 0. The van der Waals surface area contributed by atoms with Crippen molar-refractivity contribution in [2.75, 3.05) is 12.9 Å². The van der Waals surface area contributed by atoms with Crippen LogP contribution in [-0.4, -0.2) is 12.9 Å². The molecule has 0 aromatic heterocycles. The third-order valence-corrected chi connectivity index (χ3v) is 2.67. The van der Waals surface area contributed by atoms with Crippen LogP contribution in [0.3, 0.4) is 0 Å². The molecular formula is C11H14F2OS. The van der Waals surface area contributed by atoms with Crippen LogP contribution in [0.25, 0.3) is 0 Å². The lowest BCUT2D eigenvalue weighted by molar-refractivity contribution is 0.287. The third kappa shape index (κ3) is 3.38. The Labute approximate surface area is 92.8 Å². The van der Waals surface area contributed by atoms with Crippen molar-refractivity contribution >= 4 is 11.8 Å². The summed E-state index contributed by atoms with van der Waals surface area (Å²) in [6, 6.07) is 2.70. The Bertz CT molecular complexity index is 329. The molecule has 0 N–H and O–H groups in total. The first-order valence-corrected chi connectivity index (χ1v) is 6.07. The maximum atomic E-state index is 13.2. The van der Waals surface area contributed by atoms with E-state index in [-0.39, 0.29) is 5.75 Å². The molecule has 0 heterocycles. The van der Waals surface area contributed by atoms with Gasteiger partial charge in [0, 0.05) is 4.90 Å². The first-order chi connectivity index (χ1) is 7.19. The van der Waals surface area contributed by atoms with E-state index in [9.17, 15) is 8.78 Å². The third-order valence-electron chi connectivity index (χ3n) is 1.96. The smallest absolute Gasteiger partial charge is 0.200 e. The number of thioether (sulfide) groups is 1. The van der Waals surface area contributed by atoms with E-state index in [0.29, 0.717) is 11.5 Å². The van der Waals surface area contributed by atoms with E-state index in [1.165, 1.54) is 23.9 Å². The predicted molar refractivity (Wildman–Crippen MR) is 58.5 cm³/mol. The van der Waals surface area contributed by atoms with Gasteiger partial charge < -0.3 is 4.74 Å². The van der Waals surface area contributed by atoms with Crippen molar-refractivity contribution in [3.8, 4) is 5.75 Å². The molecule has 0 spiro atoms. The molecule has 1 nitrogen and oxygen atoms in total. The monoisotopic (exact) mass is 232 g/mol. The van der Waals surface area contributed by atoms with Crippen LogP contribution in [0.1, 0.15) is 19.8 Å².